The molecule has 6 heteroatoms. The predicted octanol–water partition coefficient (Wildman–Crippen LogP) is 3.23. The Morgan fingerprint density at radius 1 is 1.14 bits per heavy atom. The number of aromatic nitrogens is 2. The number of hydrogen-bond donors (Lipinski definition) is 1. The lowest BCUT2D eigenvalue weighted by Gasteiger charge is -2.19. The summed E-state index contributed by atoms with van der Waals surface area (Å²) < 4.78 is 13.1. The highest BCUT2D eigenvalue weighted by molar-refractivity contribution is 5.92. The maximum absolute atomic E-state index is 12.5. The molecule has 1 N–H and O–H groups in total. The maximum atomic E-state index is 12.5. The number of nitrogens with one attached hydrogen (secondary N) is 1. The molecule has 1 aliphatic heterocycles. The van der Waals surface area contributed by atoms with E-state index in [1.165, 1.54) is 6.08 Å². The first kappa shape index (κ1) is 17.9. The van der Waals surface area contributed by atoms with Gasteiger partial charge in [0.1, 0.15) is 13.2 Å². The summed E-state index contributed by atoms with van der Waals surface area (Å²) in [6.45, 7) is 1.70. The molecule has 0 bridgehead atoms. The lowest BCUT2D eigenvalue weighted by Crippen LogP contribution is -2.29. The lowest BCUT2D eigenvalue weighted by molar-refractivity contribution is -0.117. The highest BCUT2D eigenvalue weighted by Gasteiger charge is 2.14. The van der Waals surface area contributed by atoms with Crippen LogP contribution in [0.15, 0.2) is 73.3 Å². The van der Waals surface area contributed by atoms with Crippen LogP contribution in [0.4, 0.5) is 0 Å². The first-order chi connectivity index (χ1) is 13.8. The second kappa shape index (κ2) is 8.43. The van der Waals surface area contributed by atoms with E-state index in [4.69, 9.17) is 9.47 Å². The van der Waals surface area contributed by atoms with E-state index in [0.717, 1.165) is 16.9 Å². The van der Waals surface area contributed by atoms with Crippen LogP contribution < -0.4 is 14.8 Å². The van der Waals surface area contributed by atoms with Gasteiger partial charge in [-0.3, -0.25) is 4.79 Å². The van der Waals surface area contributed by atoms with E-state index < -0.39 is 0 Å². The van der Waals surface area contributed by atoms with Crippen molar-refractivity contribution in [2.45, 2.75) is 12.6 Å². The van der Waals surface area contributed by atoms with E-state index in [1.54, 1.807) is 18.6 Å². The summed E-state index contributed by atoms with van der Waals surface area (Å²) >= 11 is 0. The van der Waals surface area contributed by atoms with Crippen LogP contribution >= 0.6 is 0 Å². The summed E-state index contributed by atoms with van der Waals surface area (Å²) in [4.78, 5) is 16.6. The molecule has 0 aliphatic carbocycles. The van der Waals surface area contributed by atoms with Gasteiger partial charge in [-0.1, -0.05) is 36.4 Å². The fourth-order valence-corrected chi connectivity index (χ4v) is 3.08. The van der Waals surface area contributed by atoms with Gasteiger partial charge in [-0.25, -0.2) is 4.98 Å². The minimum atomic E-state index is -0.163. The van der Waals surface area contributed by atoms with Crippen LogP contribution in [0.5, 0.6) is 11.5 Å². The van der Waals surface area contributed by atoms with E-state index >= 15 is 0 Å². The van der Waals surface area contributed by atoms with E-state index in [9.17, 15) is 4.79 Å². The highest BCUT2D eigenvalue weighted by Crippen LogP contribution is 2.31. The molecule has 0 radical (unpaired) electrons. The van der Waals surface area contributed by atoms with Crippen LogP contribution in [0.25, 0.3) is 6.08 Å². The Hall–Kier alpha value is -3.54. The van der Waals surface area contributed by atoms with Crippen LogP contribution in [-0.2, 0) is 11.3 Å². The van der Waals surface area contributed by atoms with Crippen LogP contribution in [0.2, 0.25) is 0 Å². The van der Waals surface area contributed by atoms with Gasteiger partial charge in [-0.15, -0.1) is 0 Å². The number of ether oxygens (including phenoxy) is 2. The zero-order valence-corrected chi connectivity index (χ0v) is 15.3. The molecule has 1 unspecified atom stereocenters. The molecule has 0 saturated heterocycles. The molecule has 0 saturated carbocycles. The molecular formula is C22H21N3O3. The largest absolute Gasteiger partial charge is 0.486 e. The van der Waals surface area contributed by atoms with Gasteiger partial charge in [-0.05, 0) is 29.3 Å². The molecule has 6 nitrogen and oxygen atoms in total. The second-order valence-electron chi connectivity index (χ2n) is 6.47. The van der Waals surface area contributed by atoms with Gasteiger partial charge in [0.25, 0.3) is 0 Å². The SMILES string of the molecule is O=C(/C=C/c1ccc2c(c1)OCCO2)NC(Cn1ccnc1)c1ccccc1. The van der Waals surface area contributed by atoms with Crippen molar-refractivity contribution >= 4 is 12.0 Å². The van der Waals surface area contributed by atoms with Crippen molar-refractivity contribution in [3.63, 3.8) is 0 Å². The number of imidazole rings is 1. The molecule has 0 fully saturated rings. The van der Waals surface area contributed by atoms with E-state index in [0.29, 0.717) is 25.5 Å². The minimum Gasteiger partial charge on any atom is -0.486 e. The van der Waals surface area contributed by atoms with Crippen LogP contribution in [0, 0.1) is 0 Å². The predicted molar refractivity (Wildman–Crippen MR) is 106 cm³/mol. The average Bonchev–Trinajstić information content (AvgIpc) is 3.25. The molecule has 4 rings (SSSR count). The number of rotatable bonds is 6. The summed E-state index contributed by atoms with van der Waals surface area (Å²) in [5.41, 5.74) is 1.92. The van der Waals surface area contributed by atoms with Crippen LogP contribution in [-0.4, -0.2) is 28.7 Å². The van der Waals surface area contributed by atoms with Gasteiger partial charge in [0, 0.05) is 25.0 Å². The molecule has 142 valence electrons. The van der Waals surface area contributed by atoms with Crippen molar-refractivity contribution in [2.24, 2.45) is 0 Å². The zero-order chi connectivity index (χ0) is 19.2. The van der Waals surface area contributed by atoms with E-state index in [-0.39, 0.29) is 11.9 Å². The van der Waals surface area contributed by atoms with Crippen molar-refractivity contribution in [3.05, 3.63) is 84.5 Å². The topological polar surface area (TPSA) is 65.4 Å². The number of hydrogen-bond acceptors (Lipinski definition) is 4. The molecular weight excluding hydrogens is 354 g/mol. The fraction of sp³-hybridized carbons (Fsp3) is 0.182. The van der Waals surface area contributed by atoms with Gasteiger partial charge in [-0.2, -0.15) is 0 Å². The Labute approximate surface area is 163 Å². The van der Waals surface area contributed by atoms with Gasteiger partial charge >= 0.3 is 0 Å². The molecule has 2 heterocycles. The fourth-order valence-electron chi connectivity index (χ4n) is 3.08. The maximum Gasteiger partial charge on any atom is 0.244 e. The van der Waals surface area contributed by atoms with Crippen molar-refractivity contribution in [3.8, 4) is 11.5 Å². The summed E-state index contributed by atoms with van der Waals surface area (Å²) in [5.74, 6) is 1.28. The number of benzene rings is 2. The van der Waals surface area contributed by atoms with Crippen molar-refractivity contribution in [1.29, 1.82) is 0 Å². The van der Waals surface area contributed by atoms with Gasteiger partial charge < -0.3 is 19.4 Å². The third-order valence-corrected chi connectivity index (χ3v) is 4.46. The molecule has 1 atom stereocenters. The minimum absolute atomic E-state index is 0.159. The molecule has 28 heavy (non-hydrogen) atoms. The summed E-state index contributed by atoms with van der Waals surface area (Å²) in [6.07, 6.45) is 8.66. The number of carbonyl (C=O) groups excluding carboxylic acids is 1. The Morgan fingerprint density at radius 3 is 2.75 bits per heavy atom. The van der Waals surface area contributed by atoms with Crippen molar-refractivity contribution in [1.82, 2.24) is 14.9 Å². The highest BCUT2D eigenvalue weighted by atomic mass is 16.6. The smallest absolute Gasteiger partial charge is 0.244 e. The number of fused-ring (bicyclic) bond motifs is 1. The van der Waals surface area contributed by atoms with Crippen molar-refractivity contribution in [2.75, 3.05) is 13.2 Å². The molecule has 1 aliphatic rings. The Morgan fingerprint density at radius 2 is 1.96 bits per heavy atom. The van der Waals surface area contributed by atoms with E-state index in [1.807, 2.05) is 59.3 Å². The third-order valence-electron chi connectivity index (χ3n) is 4.46. The average molecular weight is 375 g/mol. The molecule has 1 amide bonds. The Balaban J connectivity index is 1.46. The summed E-state index contributed by atoms with van der Waals surface area (Å²) in [5, 5.41) is 3.07. The first-order valence-corrected chi connectivity index (χ1v) is 9.17. The summed E-state index contributed by atoms with van der Waals surface area (Å²) in [7, 11) is 0. The molecule has 2 aromatic carbocycles. The molecule has 3 aromatic rings. The lowest BCUT2D eigenvalue weighted by atomic mass is 10.1. The zero-order valence-electron chi connectivity index (χ0n) is 15.3. The molecule has 1 aromatic heterocycles. The monoisotopic (exact) mass is 375 g/mol. The van der Waals surface area contributed by atoms with Crippen LogP contribution in [0.3, 0.4) is 0 Å². The Kier molecular flexibility index (Phi) is 5.38. The Bertz CT molecular complexity index is 952. The van der Waals surface area contributed by atoms with Crippen molar-refractivity contribution < 1.29 is 14.3 Å². The second-order valence-corrected chi connectivity index (χ2v) is 6.47. The number of amides is 1. The van der Waals surface area contributed by atoms with E-state index in [2.05, 4.69) is 10.3 Å². The van der Waals surface area contributed by atoms with Gasteiger partial charge in [0.05, 0.1) is 12.4 Å². The summed E-state index contributed by atoms with van der Waals surface area (Å²) in [6, 6.07) is 15.4. The molecule has 0 spiro atoms. The number of nitrogens with zero attached hydrogens (tertiary/aromatic N) is 2. The third kappa shape index (κ3) is 4.40. The van der Waals surface area contributed by atoms with Crippen LogP contribution in [0.1, 0.15) is 17.2 Å². The number of carbonyl (C=O) groups is 1. The van der Waals surface area contributed by atoms with Gasteiger partial charge in [0.15, 0.2) is 11.5 Å². The quantitative estimate of drug-likeness (QED) is 0.672. The normalized spacial score (nSPS) is 14.0. The van der Waals surface area contributed by atoms with Gasteiger partial charge in [0.2, 0.25) is 5.91 Å². The first-order valence-electron chi connectivity index (χ1n) is 9.17. The standard InChI is InChI=1S/C22H21N3O3/c26-22(9-7-17-6-8-20-21(14-17)28-13-12-27-20)24-19(15-25-11-10-23-16-25)18-4-2-1-3-5-18/h1-11,14,16,19H,12-13,15H2,(H,24,26)/b9-7+.